The van der Waals surface area contributed by atoms with E-state index in [1.165, 1.54) is 38.5 Å². The lowest BCUT2D eigenvalue weighted by Crippen LogP contribution is -2.32. The molecule has 0 spiro atoms. The third-order valence-corrected chi connectivity index (χ3v) is 3.91. The van der Waals surface area contributed by atoms with Gasteiger partial charge in [-0.3, -0.25) is 0 Å². The first-order valence-corrected chi connectivity index (χ1v) is 7.67. The zero-order chi connectivity index (χ0) is 13.5. The van der Waals surface area contributed by atoms with Crippen molar-refractivity contribution in [3.05, 3.63) is 16.4 Å². The summed E-state index contributed by atoms with van der Waals surface area (Å²) in [6, 6.07) is 2.36. The molecule has 19 heavy (non-hydrogen) atoms. The SMILES string of the molecule is Clc1cc(NCCNC2CCCCCC2)c(Cl)nn1. The number of rotatable bonds is 5. The van der Waals surface area contributed by atoms with Crippen LogP contribution in [0.1, 0.15) is 38.5 Å². The molecule has 2 rings (SSSR count). The highest BCUT2D eigenvalue weighted by Crippen LogP contribution is 2.20. The summed E-state index contributed by atoms with van der Waals surface area (Å²) in [5, 5.41) is 15.0. The fourth-order valence-corrected chi connectivity index (χ4v) is 2.74. The molecule has 1 aliphatic carbocycles. The molecule has 1 aliphatic rings. The number of aromatic nitrogens is 2. The minimum atomic E-state index is 0.351. The molecule has 1 heterocycles. The van der Waals surface area contributed by atoms with E-state index >= 15 is 0 Å². The van der Waals surface area contributed by atoms with Crippen molar-refractivity contribution in [3.8, 4) is 0 Å². The van der Waals surface area contributed by atoms with Crippen molar-refractivity contribution in [1.82, 2.24) is 15.5 Å². The Kier molecular flexibility index (Phi) is 6.14. The van der Waals surface area contributed by atoms with Gasteiger partial charge >= 0.3 is 0 Å². The molecule has 0 atom stereocenters. The van der Waals surface area contributed by atoms with Gasteiger partial charge in [0.1, 0.15) is 0 Å². The summed E-state index contributed by atoms with van der Waals surface area (Å²) >= 11 is 11.7. The van der Waals surface area contributed by atoms with E-state index in [0.717, 1.165) is 18.8 Å². The first-order chi connectivity index (χ1) is 9.25. The van der Waals surface area contributed by atoms with Crippen molar-refractivity contribution in [2.45, 2.75) is 44.6 Å². The molecule has 0 aromatic carbocycles. The second kappa shape index (κ2) is 7.88. The van der Waals surface area contributed by atoms with Crippen LogP contribution in [-0.4, -0.2) is 29.3 Å². The summed E-state index contributed by atoms with van der Waals surface area (Å²) in [5.41, 5.74) is 0.740. The molecule has 106 valence electrons. The lowest BCUT2D eigenvalue weighted by Gasteiger charge is -2.16. The molecular formula is C13H20Cl2N4. The molecule has 2 N–H and O–H groups in total. The minimum Gasteiger partial charge on any atom is -0.381 e. The van der Waals surface area contributed by atoms with Crippen LogP contribution in [0.3, 0.4) is 0 Å². The zero-order valence-corrected chi connectivity index (χ0v) is 12.5. The number of nitrogens with zero attached hydrogens (tertiary/aromatic N) is 2. The quantitative estimate of drug-likeness (QED) is 0.645. The normalized spacial score (nSPS) is 17.2. The van der Waals surface area contributed by atoms with Crippen LogP contribution < -0.4 is 10.6 Å². The Morgan fingerprint density at radius 3 is 2.53 bits per heavy atom. The molecule has 6 heteroatoms. The Balaban J connectivity index is 1.69. The summed E-state index contributed by atoms with van der Waals surface area (Å²) in [6.07, 6.45) is 8.05. The minimum absolute atomic E-state index is 0.351. The van der Waals surface area contributed by atoms with E-state index < -0.39 is 0 Å². The van der Waals surface area contributed by atoms with Gasteiger partial charge in [0.15, 0.2) is 10.3 Å². The Bertz CT molecular complexity index is 392. The molecule has 0 aliphatic heterocycles. The van der Waals surface area contributed by atoms with Crippen LogP contribution in [0.25, 0.3) is 0 Å². The lowest BCUT2D eigenvalue weighted by molar-refractivity contribution is 0.468. The lowest BCUT2D eigenvalue weighted by atomic mass is 10.1. The van der Waals surface area contributed by atoms with E-state index in [2.05, 4.69) is 20.8 Å². The van der Waals surface area contributed by atoms with E-state index in [-0.39, 0.29) is 0 Å². The molecule has 4 nitrogen and oxygen atoms in total. The Labute approximate surface area is 124 Å². The van der Waals surface area contributed by atoms with Crippen LogP contribution >= 0.6 is 23.2 Å². The molecule has 0 unspecified atom stereocenters. The third kappa shape index (κ3) is 5.13. The molecular weight excluding hydrogens is 283 g/mol. The molecule has 1 fully saturated rings. The zero-order valence-electron chi connectivity index (χ0n) is 11.0. The van der Waals surface area contributed by atoms with Crippen LogP contribution in [0.4, 0.5) is 5.69 Å². The van der Waals surface area contributed by atoms with Gasteiger partial charge in [0.05, 0.1) is 5.69 Å². The van der Waals surface area contributed by atoms with Crippen molar-refractivity contribution in [1.29, 1.82) is 0 Å². The van der Waals surface area contributed by atoms with Crippen LogP contribution in [0.2, 0.25) is 10.3 Å². The number of nitrogens with one attached hydrogen (secondary N) is 2. The Morgan fingerprint density at radius 1 is 1.05 bits per heavy atom. The summed E-state index contributed by atoms with van der Waals surface area (Å²) in [6.45, 7) is 1.72. The van der Waals surface area contributed by atoms with Gasteiger partial charge in [-0.15, -0.1) is 10.2 Å². The van der Waals surface area contributed by atoms with E-state index in [0.29, 0.717) is 16.3 Å². The van der Waals surface area contributed by atoms with E-state index in [9.17, 15) is 0 Å². The van der Waals surface area contributed by atoms with E-state index in [4.69, 9.17) is 23.2 Å². The highest BCUT2D eigenvalue weighted by atomic mass is 35.5. The molecule has 1 aromatic rings. The first kappa shape index (κ1) is 14.8. The second-order valence-electron chi connectivity index (χ2n) is 4.94. The maximum absolute atomic E-state index is 5.93. The fourth-order valence-electron chi connectivity index (χ4n) is 2.43. The summed E-state index contributed by atoms with van der Waals surface area (Å²) < 4.78 is 0. The van der Waals surface area contributed by atoms with Gasteiger partial charge in [-0.1, -0.05) is 48.9 Å². The Morgan fingerprint density at radius 2 is 1.79 bits per heavy atom. The highest BCUT2D eigenvalue weighted by molar-refractivity contribution is 6.33. The maximum atomic E-state index is 5.93. The highest BCUT2D eigenvalue weighted by Gasteiger charge is 2.11. The standard InChI is InChI=1S/C13H20Cl2N4/c14-12-9-11(13(15)19-18-12)17-8-7-16-10-5-3-1-2-4-6-10/h9-10,16H,1-8H2,(H,17,18). The van der Waals surface area contributed by atoms with E-state index in [1.54, 1.807) is 6.07 Å². The topological polar surface area (TPSA) is 49.8 Å². The number of hydrogen-bond acceptors (Lipinski definition) is 4. The summed E-state index contributed by atoms with van der Waals surface area (Å²) in [5.74, 6) is 0. The van der Waals surface area contributed by atoms with Gasteiger partial charge in [0, 0.05) is 25.2 Å². The smallest absolute Gasteiger partial charge is 0.174 e. The Hall–Kier alpha value is -0.580. The van der Waals surface area contributed by atoms with Gasteiger partial charge in [-0.2, -0.15) is 0 Å². The third-order valence-electron chi connectivity index (χ3n) is 3.45. The van der Waals surface area contributed by atoms with Crippen molar-refractivity contribution in [3.63, 3.8) is 0 Å². The van der Waals surface area contributed by atoms with Crippen molar-refractivity contribution in [2.24, 2.45) is 0 Å². The van der Waals surface area contributed by atoms with Gasteiger partial charge in [-0.05, 0) is 12.8 Å². The number of hydrogen-bond donors (Lipinski definition) is 2. The van der Waals surface area contributed by atoms with Crippen molar-refractivity contribution in [2.75, 3.05) is 18.4 Å². The molecule has 1 aromatic heterocycles. The predicted molar refractivity (Wildman–Crippen MR) is 80.0 cm³/mol. The predicted octanol–water partition coefficient (Wildman–Crippen LogP) is 3.51. The number of halogens is 2. The van der Waals surface area contributed by atoms with E-state index in [1.807, 2.05) is 0 Å². The van der Waals surface area contributed by atoms with Crippen molar-refractivity contribution < 1.29 is 0 Å². The maximum Gasteiger partial charge on any atom is 0.174 e. The summed E-state index contributed by atoms with van der Waals surface area (Å²) in [7, 11) is 0. The van der Waals surface area contributed by atoms with Gasteiger partial charge in [0.2, 0.25) is 0 Å². The first-order valence-electron chi connectivity index (χ1n) is 6.91. The van der Waals surface area contributed by atoms with Crippen LogP contribution in [-0.2, 0) is 0 Å². The second-order valence-corrected chi connectivity index (χ2v) is 5.69. The van der Waals surface area contributed by atoms with Gasteiger partial charge < -0.3 is 10.6 Å². The number of anilines is 1. The fraction of sp³-hybridized carbons (Fsp3) is 0.692. The average molecular weight is 303 g/mol. The molecule has 0 saturated heterocycles. The molecule has 0 radical (unpaired) electrons. The monoisotopic (exact) mass is 302 g/mol. The largest absolute Gasteiger partial charge is 0.381 e. The average Bonchev–Trinajstić information content (AvgIpc) is 2.67. The molecule has 0 bridgehead atoms. The molecule has 1 saturated carbocycles. The molecule has 0 amide bonds. The van der Waals surface area contributed by atoms with Gasteiger partial charge in [-0.25, -0.2) is 0 Å². The van der Waals surface area contributed by atoms with Crippen LogP contribution in [0.5, 0.6) is 0 Å². The summed E-state index contributed by atoms with van der Waals surface area (Å²) in [4.78, 5) is 0. The van der Waals surface area contributed by atoms with Crippen LogP contribution in [0.15, 0.2) is 6.07 Å². The van der Waals surface area contributed by atoms with Crippen molar-refractivity contribution >= 4 is 28.9 Å². The van der Waals surface area contributed by atoms with Gasteiger partial charge in [0.25, 0.3) is 0 Å². The van der Waals surface area contributed by atoms with Crippen LogP contribution in [0, 0.1) is 0 Å².